The van der Waals surface area contributed by atoms with Crippen LogP contribution in [0.15, 0.2) is 47.6 Å². The molecule has 0 aromatic heterocycles. The van der Waals surface area contributed by atoms with Gasteiger partial charge in [-0.15, -0.1) is 0 Å². The van der Waals surface area contributed by atoms with Crippen molar-refractivity contribution in [1.29, 1.82) is 0 Å². The number of hydrogen-bond donors (Lipinski definition) is 2. The maximum Gasteiger partial charge on any atom is 0.0431 e. The van der Waals surface area contributed by atoms with Crippen molar-refractivity contribution in [2.75, 3.05) is 13.2 Å². The van der Waals surface area contributed by atoms with Crippen LogP contribution in [0.5, 0.6) is 0 Å². The quantitative estimate of drug-likeness (QED) is 0.703. The van der Waals surface area contributed by atoms with Crippen molar-refractivity contribution in [2.24, 2.45) is 5.41 Å². The van der Waals surface area contributed by atoms with Crippen LogP contribution >= 0.6 is 0 Å². The predicted octanol–water partition coefficient (Wildman–Crippen LogP) is 3.29. The summed E-state index contributed by atoms with van der Waals surface area (Å²) in [6, 6.07) is 0. The number of hydrogen-bond acceptors (Lipinski definition) is 2. The molecule has 0 amide bonds. The Bertz CT molecular complexity index is 373. The minimum Gasteiger partial charge on any atom is -0.396 e. The fourth-order valence-electron chi connectivity index (χ4n) is 3.34. The third-order valence-corrected chi connectivity index (χ3v) is 4.30. The van der Waals surface area contributed by atoms with E-state index < -0.39 is 0 Å². The minimum atomic E-state index is 0.0401. The van der Waals surface area contributed by atoms with Crippen LogP contribution < -0.4 is 0 Å². The Morgan fingerprint density at radius 1 is 0.842 bits per heavy atom. The molecule has 0 fully saturated rings. The first-order valence-corrected chi connectivity index (χ1v) is 7.27. The van der Waals surface area contributed by atoms with Gasteiger partial charge in [0.05, 0.1) is 0 Å². The molecule has 0 unspecified atom stereocenters. The van der Waals surface area contributed by atoms with E-state index in [0.717, 1.165) is 38.5 Å². The lowest BCUT2D eigenvalue weighted by Gasteiger charge is -2.37. The largest absolute Gasteiger partial charge is 0.396 e. The predicted molar refractivity (Wildman–Crippen MR) is 78.8 cm³/mol. The van der Waals surface area contributed by atoms with E-state index >= 15 is 0 Å². The van der Waals surface area contributed by atoms with Gasteiger partial charge in [-0.2, -0.15) is 0 Å². The summed E-state index contributed by atoms with van der Waals surface area (Å²) in [5.74, 6) is 0. The van der Waals surface area contributed by atoms with E-state index in [1.165, 1.54) is 11.1 Å². The van der Waals surface area contributed by atoms with E-state index in [-0.39, 0.29) is 18.6 Å². The molecule has 0 saturated carbocycles. The van der Waals surface area contributed by atoms with Crippen LogP contribution in [0.2, 0.25) is 0 Å². The highest BCUT2D eigenvalue weighted by molar-refractivity contribution is 5.41. The Labute approximate surface area is 115 Å². The van der Waals surface area contributed by atoms with Crippen LogP contribution in [-0.2, 0) is 0 Å². The fourth-order valence-corrected chi connectivity index (χ4v) is 3.34. The normalized spacial score (nSPS) is 18.0. The summed E-state index contributed by atoms with van der Waals surface area (Å²) in [7, 11) is 0. The van der Waals surface area contributed by atoms with Gasteiger partial charge in [-0.1, -0.05) is 47.6 Å². The molecule has 2 nitrogen and oxygen atoms in total. The van der Waals surface area contributed by atoms with Gasteiger partial charge in [0.2, 0.25) is 0 Å². The van der Waals surface area contributed by atoms with E-state index in [2.05, 4.69) is 36.5 Å². The summed E-state index contributed by atoms with van der Waals surface area (Å²) in [5.41, 5.74) is 2.94. The summed E-state index contributed by atoms with van der Waals surface area (Å²) < 4.78 is 0. The molecule has 2 heteroatoms. The second-order valence-electron chi connectivity index (χ2n) is 5.38. The lowest BCUT2D eigenvalue weighted by molar-refractivity contribution is 0.225. The van der Waals surface area contributed by atoms with Gasteiger partial charge in [0, 0.05) is 18.6 Å². The Kier molecular flexibility index (Phi) is 5.17. The molecule has 104 valence electrons. The lowest BCUT2D eigenvalue weighted by atomic mass is 9.66. The summed E-state index contributed by atoms with van der Waals surface area (Å²) >= 11 is 0. The van der Waals surface area contributed by atoms with E-state index in [4.69, 9.17) is 0 Å². The van der Waals surface area contributed by atoms with Crippen molar-refractivity contribution in [3.8, 4) is 0 Å². The summed E-state index contributed by atoms with van der Waals surface area (Å²) in [4.78, 5) is 0. The van der Waals surface area contributed by atoms with Gasteiger partial charge >= 0.3 is 0 Å². The van der Waals surface area contributed by atoms with Gasteiger partial charge in [0.15, 0.2) is 0 Å². The first-order chi connectivity index (χ1) is 9.33. The maximum atomic E-state index is 9.22. The van der Waals surface area contributed by atoms with Gasteiger partial charge < -0.3 is 10.2 Å². The van der Waals surface area contributed by atoms with Crippen LogP contribution in [0.1, 0.15) is 38.5 Å². The average molecular weight is 260 g/mol. The standard InChI is InChI=1S/C17H24O2/c18-13-5-11-17(12-6-14-19,15-7-1-2-8-15)16-9-3-4-10-16/h1-4,7,9,18-19H,5-6,8,10-14H2. The summed E-state index contributed by atoms with van der Waals surface area (Å²) in [5, 5.41) is 18.4. The molecule has 0 saturated heterocycles. The van der Waals surface area contributed by atoms with Crippen molar-refractivity contribution in [3.63, 3.8) is 0 Å². The molecule has 0 bridgehead atoms. The molecule has 0 atom stereocenters. The molecule has 2 aliphatic rings. The van der Waals surface area contributed by atoms with Crippen LogP contribution in [0.4, 0.5) is 0 Å². The Hall–Kier alpha value is -1.12. The van der Waals surface area contributed by atoms with E-state index in [1.807, 2.05) is 0 Å². The highest BCUT2D eigenvalue weighted by Gasteiger charge is 2.36. The highest BCUT2D eigenvalue weighted by atomic mass is 16.3. The topological polar surface area (TPSA) is 40.5 Å². The zero-order valence-electron chi connectivity index (χ0n) is 11.5. The number of rotatable bonds is 8. The molecule has 0 aromatic rings. The van der Waals surface area contributed by atoms with Gasteiger partial charge in [0.25, 0.3) is 0 Å². The number of aliphatic hydroxyl groups excluding tert-OH is 2. The third-order valence-electron chi connectivity index (χ3n) is 4.30. The van der Waals surface area contributed by atoms with Crippen LogP contribution in [0, 0.1) is 5.41 Å². The molecule has 19 heavy (non-hydrogen) atoms. The monoisotopic (exact) mass is 260 g/mol. The minimum absolute atomic E-state index is 0.0401. The first kappa shape index (κ1) is 14.3. The van der Waals surface area contributed by atoms with Crippen LogP contribution in [0.25, 0.3) is 0 Å². The molecular weight excluding hydrogens is 236 g/mol. The molecule has 2 rings (SSSR count). The molecule has 2 aliphatic carbocycles. The summed E-state index contributed by atoms with van der Waals surface area (Å²) in [6.07, 6.45) is 18.7. The number of aliphatic hydroxyl groups is 2. The molecule has 2 N–H and O–H groups in total. The Morgan fingerprint density at radius 2 is 1.32 bits per heavy atom. The maximum absolute atomic E-state index is 9.22. The fraction of sp³-hybridized carbons (Fsp3) is 0.529. The molecule has 0 heterocycles. The third kappa shape index (κ3) is 3.07. The second kappa shape index (κ2) is 6.88. The van der Waals surface area contributed by atoms with E-state index in [9.17, 15) is 10.2 Å². The highest BCUT2D eigenvalue weighted by Crippen LogP contribution is 2.49. The van der Waals surface area contributed by atoms with Gasteiger partial charge in [-0.3, -0.25) is 0 Å². The molecule has 0 aromatic carbocycles. The molecule has 0 radical (unpaired) electrons. The second-order valence-corrected chi connectivity index (χ2v) is 5.38. The van der Waals surface area contributed by atoms with E-state index in [0.29, 0.717) is 0 Å². The van der Waals surface area contributed by atoms with Crippen LogP contribution in [0.3, 0.4) is 0 Å². The van der Waals surface area contributed by atoms with Gasteiger partial charge in [-0.05, 0) is 38.5 Å². The summed E-state index contributed by atoms with van der Waals surface area (Å²) in [6.45, 7) is 0.477. The zero-order chi connectivity index (χ0) is 13.6. The smallest absolute Gasteiger partial charge is 0.0431 e. The van der Waals surface area contributed by atoms with Crippen molar-refractivity contribution in [1.82, 2.24) is 0 Å². The Balaban J connectivity index is 2.25. The molecule has 0 spiro atoms. The van der Waals surface area contributed by atoms with Crippen molar-refractivity contribution >= 4 is 0 Å². The van der Waals surface area contributed by atoms with E-state index in [1.54, 1.807) is 0 Å². The van der Waals surface area contributed by atoms with Crippen molar-refractivity contribution in [3.05, 3.63) is 47.6 Å². The SMILES string of the molecule is OCCCC(CCCO)(C1=CC=CC1)C1=CC=CC1. The van der Waals surface area contributed by atoms with Gasteiger partial charge in [-0.25, -0.2) is 0 Å². The van der Waals surface area contributed by atoms with Crippen molar-refractivity contribution in [2.45, 2.75) is 38.5 Å². The lowest BCUT2D eigenvalue weighted by Crippen LogP contribution is -2.26. The zero-order valence-corrected chi connectivity index (χ0v) is 11.5. The average Bonchev–Trinajstić information content (AvgIpc) is 3.12. The van der Waals surface area contributed by atoms with Crippen LogP contribution in [-0.4, -0.2) is 23.4 Å². The molecule has 0 aliphatic heterocycles. The first-order valence-electron chi connectivity index (χ1n) is 7.27. The van der Waals surface area contributed by atoms with Gasteiger partial charge in [0.1, 0.15) is 0 Å². The van der Waals surface area contributed by atoms with Crippen molar-refractivity contribution < 1.29 is 10.2 Å². The number of allylic oxidation sites excluding steroid dienone is 8. The molecular formula is C17H24O2. The Morgan fingerprint density at radius 3 is 1.63 bits per heavy atom.